The van der Waals surface area contributed by atoms with Crippen LogP contribution >= 0.6 is 0 Å². The van der Waals surface area contributed by atoms with Crippen molar-refractivity contribution in [3.63, 3.8) is 0 Å². The number of hydrogen-bond acceptors (Lipinski definition) is 8. The molecule has 1 spiro atoms. The van der Waals surface area contributed by atoms with Gasteiger partial charge in [-0.15, -0.1) is 0 Å². The zero-order valence-corrected chi connectivity index (χ0v) is 26.9. The second-order valence-electron chi connectivity index (χ2n) is 11.8. The number of nitrogens with zero attached hydrogens (tertiary/aromatic N) is 2. The Morgan fingerprint density at radius 3 is 2.55 bits per heavy atom. The predicted molar refractivity (Wildman–Crippen MR) is 166 cm³/mol. The summed E-state index contributed by atoms with van der Waals surface area (Å²) in [6.45, 7) is 7.45. The van der Waals surface area contributed by atoms with Crippen LogP contribution in [0.2, 0.25) is 0 Å². The van der Waals surface area contributed by atoms with Gasteiger partial charge in [-0.25, -0.2) is 21.2 Å². The topological polar surface area (TPSA) is 124 Å². The maximum atomic E-state index is 14.5. The summed E-state index contributed by atoms with van der Waals surface area (Å²) in [5.74, 6) is -0.0510. The third-order valence-electron chi connectivity index (χ3n) is 8.59. The average Bonchev–Trinajstić information content (AvgIpc) is 3.39. The summed E-state index contributed by atoms with van der Waals surface area (Å²) < 4.78 is 81.3. The number of fused-ring (bicyclic) bond motifs is 1. The zero-order valence-electron chi connectivity index (χ0n) is 25.3. The van der Waals surface area contributed by atoms with E-state index in [1.807, 2.05) is 0 Å². The number of sulfonamides is 1. The molecule has 1 aromatic heterocycles. The molecule has 1 N–H and O–H groups in total. The standard InChI is InChI=1S/C31H40FN3O7S2/c1-4-34-20-28(30(36)26-10-6-11-27(32)29(26)34)44(39,40)35-15-12-31(13-16-35)19-23(21-42-31)33-14-7-17-41-24-8-5-9-25(18-24)43(37,38)22(2)3/h5-6,8-11,18,20,22-23,33H,4,7,12-17,19,21H2,1-3H3/t23-/m1/s1. The Hall–Kier alpha value is -2.84. The monoisotopic (exact) mass is 649 g/mol. The number of halogens is 1. The first-order valence-electron chi connectivity index (χ1n) is 15.0. The molecular formula is C31H40FN3O7S2. The molecule has 2 fully saturated rings. The molecule has 2 aliphatic rings. The minimum Gasteiger partial charge on any atom is -0.494 e. The molecule has 5 rings (SSSR count). The van der Waals surface area contributed by atoms with Crippen LogP contribution in [0.5, 0.6) is 5.75 Å². The van der Waals surface area contributed by atoms with E-state index in [0.717, 1.165) is 6.42 Å². The largest absolute Gasteiger partial charge is 0.494 e. The summed E-state index contributed by atoms with van der Waals surface area (Å²) in [6.07, 6.45) is 3.73. The van der Waals surface area contributed by atoms with E-state index in [1.54, 1.807) is 45.0 Å². The molecule has 2 aromatic carbocycles. The maximum absolute atomic E-state index is 14.5. The van der Waals surface area contributed by atoms with Crippen molar-refractivity contribution in [2.24, 2.45) is 0 Å². The van der Waals surface area contributed by atoms with E-state index >= 15 is 0 Å². The van der Waals surface area contributed by atoms with Gasteiger partial charge in [-0.05, 0) is 83.3 Å². The summed E-state index contributed by atoms with van der Waals surface area (Å²) in [6, 6.07) is 10.8. The molecule has 240 valence electrons. The third kappa shape index (κ3) is 6.43. The van der Waals surface area contributed by atoms with Gasteiger partial charge in [-0.2, -0.15) is 4.31 Å². The summed E-state index contributed by atoms with van der Waals surface area (Å²) in [4.78, 5) is 13.1. The molecule has 2 saturated heterocycles. The number of para-hydroxylation sites is 1. The van der Waals surface area contributed by atoms with Gasteiger partial charge in [-0.1, -0.05) is 12.1 Å². The van der Waals surface area contributed by atoms with Crippen LogP contribution in [0.25, 0.3) is 10.9 Å². The van der Waals surface area contributed by atoms with Gasteiger partial charge in [0.05, 0.1) is 39.9 Å². The van der Waals surface area contributed by atoms with E-state index in [0.29, 0.717) is 51.3 Å². The van der Waals surface area contributed by atoms with Crippen LogP contribution in [0.4, 0.5) is 4.39 Å². The SMILES string of the molecule is CCn1cc(S(=O)(=O)N2CCC3(CC2)C[C@@H](NCCCOc2cccc(S(=O)(=O)C(C)C)c2)CO3)c(=O)c2cccc(F)c21. The Labute approximate surface area is 258 Å². The molecular weight excluding hydrogens is 609 g/mol. The number of nitrogens with one attached hydrogen (secondary N) is 1. The van der Waals surface area contributed by atoms with Crippen LogP contribution in [0.15, 0.2) is 63.2 Å². The van der Waals surface area contributed by atoms with Gasteiger partial charge in [0.15, 0.2) is 9.84 Å². The lowest BCUT2D eigenvalue weighted by molar-refractivity contribution is -0.0311. The second kappa shape index (κ2) is 12.9. The van der Waals surface area contributed by atoms with E-state index in [4.69, 9.17) is 9.47 Å². The molecule has 0 amide bonds. The van der Waals surface area contributed by atoms with Crippen LogP contribution in [0, 0.1) is 5.82 Å². The first-order chi connectivity index (χ1) is 20.9. The molecule has 2 aliphatic heterocycles. The van der Waals surface area contributed by atoms with Crippen LogP contribution in [-0.4, -0.2) is 75.4 Å². The van der Waals surface area contributed by atoms with E-state index in [1.165, 1.54) is 33.3 Å². The van der Waals surface area contributed by atoms with Crippen molar-refractivity contribution < 1.29 is 30.7 Å². The van der Waals surface area contributed by atoms with Gasteiger partial charge in [0.25, 0.3) is 0 Å². The van der Waals surface area contributed by atoms with Crippen molar-refractivity contribution in [1.82, 2.24) is 14.2 Å². The summed E-state index contributed by atoms with van der Waals surface area (Å²) in [7, 11) is -7.46. The minimum atomic E-state index is -4.09. The van der Waals surface area contributed by atoms with Gasteiger partial charge < -0.3 is 19.4 Å². The lowest BCUT2D eigenvalue weighted by Crippen LogP contribution is -2.47. The van der Waals surface area contributed by atoms with Gasteiger partial charge in [-0.3, -0.25) is 4.79 Å². The molecule has 13 heteroatoms. The molecule has 10 nitrogen and oxygen atoms in total. The number of ether oxygens (including phenoxy) is 2. The fourth-order valence-electron chi connectivity index (χ4n) is 6.00. The Morgan fingerprint density at radius 2 is 1.84 bits per heavy atom. The van der Waals surface area contributed by atoms with Crippen molar-refractivity contribution >= 4 is 30.8 Å². The molecule has 1 atom stereocenters. The number of sulfone groups is 1. The van der Waals surface area contributed by atoms with Gasteiger partial charge in [0.1, 0.15) is 16.5 Å². The maximum Gasteiger partial charge on any atom is 0.248 e. The Kier molecular flexibility index (Phi) is 9.53. The van der Waals surface area contributed by atoms with Crippen molar-refractivity contribution in [2.75, 3.05) is 32.8 Å². The molecule has 0 saturated carbocycles. The first-order valence-corrected chi connectivity index (χ1v) is 18.0. The molecule has 3 aromatic rings. The van der Waals surface area contributed by atoms with Crippen LogP contribution in [-0.2, 0) is 31.1 Å². The molecule has 0 aliphatic carbocycles. The van der Waals surface area contributed by atoms with Crippen LogP contribution < -0.4 is 15.5 Å². The van der Waals surface area contributed by atoms with Crippen molar-refractivity contribution in [3.8, 4) is 5.75 Å². The van der Waals surface area contributed by atoms with Gasteiger partial charge in [0.2, 0.25) is 15.5 Å². The Morgan fingerprint density at radius 1 is 1.11 bits per heavy atom. The van der Waals surface area contributed by atoms with E-state index < -0.39 is 42.0 Å². The quantitative estimate of drug-likeness (QED) is 0.312. The number of benzene rings is 2. The minimum absolute atomic E-state index is 0.0486. The van der Waals surface area contributed by atoms with E-state index in [2.05, 4.69) is 5.32 Å². The van der Waals surface area contributed by atoms with Gasteiger partial charge >= 0.3 is 0 Å². The average molecular weight is 650 g/mol. The smallest absolute Gasteiger partial charge is 0.248 e. The van der Waals surface area contributed by atoms with Crippen molar-refractivity contribution in [1.29, 1.82) is 0 Å². The van der Waals surface area contributed by atoms with E-state index in [9.17, 15) is 26.0 Å². The molecule has 0 bridgehead atoms. The number of aryl methyl sites for hydroxylation is 1. The Bertz CT molecular complexity index is 1780. The fourth-order valence-corrected chi connectivity index (χ4v) is 8.64. The van der Waals surface area contributed by atoms with Crippen molar-refractivity contribution in [2.45, 2.75) is 79.7 Å². The number of aromatic nitrogens is 1. The fraction of sp³-hybridized carbons (Fsp3) is 0.516. The lowest BCUT2D eigenvalue weighted by atomic mass is 9.88. The number of hydrogen-bond donors (Lipinski definition) is 1. The molecule has 44 heavy (non-hydrogen) atoms. The highest BCUT2D eigenvalue weighted by Crippen LogP contribution is 2.37. The van der Waals surface area contributed by atoms with Crippen LogP contribution in [0.3, 0.4) is 0 Å². The number of piperidine rings is 1. The zero-order chi connectivity index (χ0) is 31.7. The molecule has 0 unspecified atom stereocenters. The second-order valence-corrected chi connectivity index (χ2v) is 16.2. The summed E-state index contributed by atoms with van der Waals surface area (Å²) >= 11 is 0. The number of rotatable bonds is 11. The van der Waals surface area contributed by atoms with Gasteiger partial charge in [0, 0.05) is 31.9 Å². The highest BCUT2D eigenvalue weighted by molar-refractivity contribution is 7.92. The summed E-state index contributed by atoms with van der Waals surface area (Å²) in [5.41, 5.74) is -1.02. The van der Waals surface area contributed by atoms with E-state index in [-0.39, 0.29) is 39.8 Å². The highest BCUT2D eigenvalue weighted by atomic mass is 32.2. The van der Waals surface area contributed by atoms with Crippen LogP contribution in [0.1, 0.15) is 46.5 Å². The number of pyridine rings is 1. The molecule has 3 heterocycles. The molecule has 0 radical (unpaired) electrons. The Balaban J connectivity index is 1.13. The normalized spacial score (nSPS) is 19.2. The predicted octanol–water partition coefficient (Wildman–Crippen LogP) is 3.71. The first kappa shape index (κ1) is 32.6. The highest BCUT2D eigenvalue weighted by Gasteiger charge is 2.45. The lowest BCUT2D eigenvalue weighted by Gasteiger charge is -2.38. The third-order valence-corrected chi connectivity index (χ3v) is 12.6. The van der Waals surface area contributed by atoms with Crippen molar-refractivity contribution in [3.05, 3.63) is 64.7 Å². The summed E-state index contributed by atoms with van der Waals surface area (Å²) in [5, 5.41) is 3.03.